The molecule has 0 saturated carbocycles. The fourth-order valence-corrected chi connectivity index (χ4v) is 3.49. The van der Waals surface area contributed by atoms with Crippen molar-refractivity contribution in [1.82, 2.24) is 4.98 Å². The Hall–Kier alpha value is -1.64. The summed E-state index contributed by atoms with van der Waals surface area (Å²) in [6.07, 6.45) is 3.28. The summed E-state index contributed by atoms with van der Waals surface area (Å²) >= 11 is 12.1. The molecule has 1 atom stereocenters. The van der Waals surface area contributed by atoms with Crippen LogP contribution in [0, 0.1) is 0 Å². The molecule has 0 fully saturated rings. The highest BCUT2D eigenvalue weighted by Crippen LogP contribution is 2.36. The Bertz CT molecular complexity index is 869. The summed E-state index contributed by atoms with van der Waals surface area (Å²) in [5.41, 5.74) is 4.64. The third-order valence-electron chi connectivity index (χ3n) is 4.58. The minimum Gasteiger partial charge on any atom is -0.506 e. The molecule has 2 aromatic carbocycles. The van der Waals surface area contributed by atoms with Gasteiger partial charge in [-0.05, 0) is 54.3 Å². The smallest absolute Gasteiger partial charge is 0.134 e. The number of H-pyrrole nitrogens is 1. The molecule has 2 nitrogen and oxygen atoms in total. The summed E-state index contributed by atoms with van der Waals surface area (Å²) < 4.78 is 0. The maximum Gasteiger partial charge on any atom is 0.134 e. The van der Waals surface area contributed by atoms with Crippen LogP contribution in [0.15, 0.2) is 36.4 Å². The van der Waals surface area contributed by atoms with E-state index in [2.05, 4.69) is 18.8 Å². The van der Waals surface area contributed by atoms with Crippen molar-refractivity contribution in [3.05, 3.63) is 63.3 Å². The average molecular weight is 362 g/mol. The Kier molecular flexibility index (Phi) is 5.07. The molecule has 0 amide bonds. The monoisotopic (exact) mass is 361 g/mol. The van der Waals surface area contributed by atoms with E-state index < -0.39 is 0 Å². The van der Waals surface area contributed by atoms with Crippen molar-refractivity contribution < 1.29 is 5.11 Å². The summed E-state index contributed by atoms with van der Waals surface area (Å²) in [5.74, 6) is 0.251. The van der Waals surface area contributed by atoms with Crippen molar-refractivity contribution in [2.45, 2.75) is 39.0 Å². The summed E-state index contributed by atoms with van der Waals surface area (Å²) in [6, 6.07) is 11.4. The van der Waals surface area contributed by atoms with Gasteiger partial charge in [-0.2, -0.15) is 0 Å². The standard InChI is InChI=1S/C20H21Cl2NO/c1-3-4-5-15-16-11-14(21)7-9-18(16)23-20(15)12(2)13-6-8-17(22)19(24)10-13/h6-12,23-24H,3-5H2,1-2H3. The van der Waals surface area contributed by atoms with Crippen LogP contribution < -0.4 is 0 Å². The number of hydrogen-bond donors (Lipinski definition) is 2. The number of nitrogens with one attached hydrogen (secondary N) is 1. The van der Waals surface area contributed by atoms with Gasteiger partial charge in [-0.25, -0.2) is 0 Å². The van der Waals surface area contributed by atoms with Gasteiger partial charge < -0.3 is 10.1 Å². The van der Waals surface area contributed by atoms with Crippen LogP contribution in [0.1, 0.15) is 49.4 Å². The summed E-state index contributed by atoms with van der Waals surface area (Å²) in [4.78, 5) is 3.56. The fraction of sp³-hybridized carbons (Fsp3) is 0.300. The Balaban J connectivity index is 2.10. The summed E-state index contributed by atoms with van der Waals surface area (Å²) in [6.45, 7) is 4.34. The number of fused-ring (bicyclic) bond motifs is 1. The first-order chi connectivity index (χ1) is 11.5. The zero-order valence-corrected chi connectivity index (χ0v) is 15.4. The number of hydrogen-bond acceptors (Lipinski definition) is 1. The number of benzene rings is 2. The van der Waals surface area contributed by atoms with Crippen molar-refractivity contribution in [3.63, 3.8) is 0 Å². The van der Waals surface area contributed by atoms with E-state index in [1.54, 1.807) is 12.1 Å². The molecule has 2 N–H and O–H groups in total. The van der Waals surface area contributed by atoms with Crippen molar-refractivity contribution in [2.75, 3.05) is 0 Å². The Morgan fingerprint density at radius 1 is 1.12 bits per heavy atom. The number of aromatic nitrogens is 1. The number of aryl methyl sites for hydroxylation is 1. The van der Waals surface area contributed by atoms with Crippen molar-refractivity contribution >= 4 is 34.1 Å². The molecule has 0 radical (unpaired) electrons. The topological polar surface area (TPSA) is 36.0 Å². The SMILES string of the molecule is CCCCc1c(C(C)c2ccc(Cl)c(O)c2)[nH]c2ccc(Cl)cc12. The van der Waals surface area contributed by atoms with Gasteiger partial charge in [0.1, 0.15) is 5.75 Å². The largest absolute Gasteiger partial charge is 0.506 e. The van der Waals surface area contributed by atoms with Gasteiger partial charge in [0.25, 0.3) is 0 Å². The molecular weight excluding hydrogens is 341 g/mol. The van der Waals surface area contributed by atoms with E-state index in [4.69, 9.17) is 23.2 Å². The zero-order valence-electron chi connectivity index (χ0n) is 13.9. The van der Waals surface area contributed by atoms with E-state index in [0.29, 0.717) is 5.02 Å². The number of aromatic amines is 1. The molecule has 0 saturated heterocycles. The second-order valence-corrected chi connectivity index (χ2v) is 7.09. The van der Waals surface area contributed by atoms with Gasteiger partial charge in [0.15, 0.2) is 0 Å². The van der Waals surface area contributed by atoms with Crippen LogP contribution in [-0.4, -0.2) is 10.1 Å². The van der Waals surface area contributed by atoms with Gasteiger partial charge in [-0.1, -0.05) is 49.5 Å². The lowest BCUT2D eigenvalue weighted by atomic mass is 9.92. The molecule has 3 aromatic rings. The van der Waals surface area contributed by atoms with Crippen LogP contribution in [0.2, 0.25) is 10.0 Å². The first kappa shape index (κ1) is 17.2. The summed E-state index contributed by atoms with van der Waals surface area (Å²) in [7, 11) is 0. The number of halogens is 2. The van der Waals surface area contributed by atoms with Crippen molar-refractivity contribution in [3.8, 4) is 5.75 Å². The van der Waals surface area contributed by atoms with Gasteiger partial charge in [-0.15, -0.1) is 0 Å². The molecule has 0 aliphatic carbocycles. The predicted octanol–water partition coefficient (Wildman–Crippen LogP) is 6.67. The Morgan fingerprint density at radius 3 is 2.62 bits per heavy atom. The normalized spacial score (nSPS) is 12.7. The molecule has 4 heteroatoms. The molecule has 1 heterocycles. The predicted molar refractivity (Wildman–Crippen MR) is 103 cm³/mol. The molecule has 1 unspecified atom stereocenters. The van der Waals surface area contributed by atoms with E-state index in [0.717, 1.165) is 35.4 Å². The molecular formula is C20H21Cl2NO. The maximum absolute atomic E-state index is 9.92. The van der Waals surface area contributed by atoms with Crippen LogP contribution in [0.4, 0.5) is 0 Å². The van der Waals surface area contributed by atoms with Gasteiger partial charge in [0, 0.05) is 27.5 Å². The van der Waals surface area contributed by atoms with E-state index in [9.17, 15) is 5.11 Å². The first-order valence-corrected chi connectivity index (χ1v) is 9.05. The minimum absolute atomic E-state index is 0.121. The number of unbranched alkanes of at least 4 members (excludes halogenated alkanes) is 1. The first-order valence-electron chi connectivity index (χ1n) is 8.29. The fourth-order valence-electron chi connectivity index (χ4n) is 3.20. The third kappa shape index (κ3) is 3.26. The Labute approximate surface area is 152 Å². The lowest BCUT2D eigenvalue weighted by molar-refractivity contribution is 0.474. The number of phenols is 1. The molecule has 3 rings (SSSR count). The van der Waals surface area contributed by atoms with E-state index in [1.807, 2.05) is 24.3 Å². The lowest BCUT2D eigenvalue weighted by Gasteiger charge is -2.14. The highest BCUT2D eigenvalue weighted by atomic mass is 35.5. The van der Waals surface area contributed by atoms with Crippen LogP contribution in [-0.2, 0) is 6.42 Å². The highest BCUT2D eigenvalue weighted by Gasteiger charge is 2.19. The van der Waals surface area contributed by atoms with Crippen LogP contribution >= 0.6 is 23.2 Å². The van der Waals surface area contributed by atoms with Crippen molar-refractivity contribution in [2.24, 2.45) is 0 Å². The second-order valence-electron chi connectivity index (χ2n) is 6.24. The van der Waals surface area contributed by atoms with Crippen LogP contribution in [0.3, 0.4) is 0 Å². The molecule has 0 aliphatic rings. The molecule has 126 valence electrons. The van der Waals surface area contributed by atoms with Gasteiger partial charge in [0.2, 0.25) is 0 Å². The highest BCUT2D eigenvalue weighted by molar-refractivity contribution is 6.32. The number of rotatable bonds is 5. The van der Waals surface area contributed by atoms with E-state index >= 15 is 0 Å². The summed E-state index contributed by atoms with van der Waals surface area (Å²) in [5, 5.41) is 12.2. The van der Waals surface area contributed by atoms with Crippen LogP contribution in [0.5, 0.6) is 5.75 Å². The third-order valence-corrected chi connectivity index (χ3v) is 5.14. The van der Waals surface area contributed by atoms with Crippen LogP contribution in [0.25, 0.3) is 10.9 Å². The minimum atomic E-state index is 0.121. The Morgan fingerprint density at radius 2 is 1.92 bits per heavy atom. The van der Waals surface area contributed by atoms with Crippen molar-refractivity contribution in [1.29, 1.82) is 0 Å². The maximum atomic E-state index is 9.92. The number of phenolic OH excluding ortho intramolecular Hbond substituents is 1. The number of aromatic hydroxyl groups is 1. The van der Waals surface area contributed by atoms with Gasteiger partial charge in [-0.3, -0.25) is 0 Å². The lowest BCUT2D eigenvalue weighted by Crippen LogP contribution is -2.01. The average Bonchev–Trinajstić information content (AvgIpc) is 2.92. The molecule has 1 aromatic heterocycles. The van der Waals surface area contributed by atoms with E-state index in [-0.39, 0.29) is 11.7 Å². The molecule has 0 spiro atoms. The molecule has 24 heavy (non-hydrogen) atoms. The van der Waals surface area contributed by atoms with Gasteiger partial charge >= 0.3 is 0 Å². The second kappa shape index (κ2) is 7.08. The molecule has 0 bridgehead atoms. The zero-order chi connectivity index (χ0) is 17.3. The quantitative estimate of drug-likeness (QED) is 0.522. The van der Waals surface area contributed by atoms with Gasteiger partial charge in [0.05, 0.1) is 5.02 Å². The molecule has 0 aliphatic heterocycles. The van der Waals surface area contributed by atoms with E-state index in [1.165, 1.54) is 16.6 Å².